The van der Waals surface area contributed by atoms with Crippen molar-refractivity contribution in [2.75, 3.05) is 0 Å². The van der Waals surface area contributed by atoms with Crippen LogP contribution in [0.4, 0.5) is 0 Å². The second-order valence-corrected chi connectivity index (χ2v) is 28.8. The largest absolute Gasteiger partial charge is 0.244 e. The van der Waals surface area contributed by atoms with E-state index in [9.17, 15) is 0 Å². The predicted octanol–water partition coefficient (Wildman–Crippen LogP) is 16.3. The van der Waals surface area contributed by atoms with E-state index in [1.165, 1.54) is 268 Å². The molecule has 0 aromatic heterocycles. The zero-order valence-corrected chi connectivity index (χ0v) is 54.2. The van der Waals surface area contributed by atoms with E-state index in [0.29, 0.717) is 0 Å². The lowest BCUT2D eigenvalue weighted by Crippen LogP contribution is -2.61. The number of hydrogen-bond donors (Lipinski definition) is 0. The van der Waals surface area contributed by atoms with Crippen molar-refractivity contribution in [1.82, 2.24) is 0 Å². The summed E-state index contributed by atoms with van der Waals surface area (Å²) in [5.74, 6) is 0. The van der Waals surface area contributed by atoms with Crippen molar-refractivity contribution >= 4 is 105 Å². The van der Waals surface area contributed by atoms with Gasteiger partial charge in [0.15, 0.2) is 0 Å². The molecule has 0 saturated heterocycles. The monoisotopic (exact) mass is 1120 g/mol. The molecular weight excluding hydrogens is 1030 g/mol. The Balaban J connectivity index is 1.03. The first-order valence-corrected chi connectivity index (χ1v) is 34.6. The minimum absolute atomic E-state index is 0.117. The SMILES string of the molecule is CCCCCCCCCCCCc1ccc2c(c1)B(c1c(C)cc(C)cc1C)c1cc3c(cc1S2)B(c1c(C)cc(C)cc1C)c1cc2c(cc1S3)B(c1c(C)cc(C)cc1C)c1cc(CCCCCCCCCCCC)ccc1S2. The molecule has 3 aliphatic rings. The third-order valence-electron chi connectivity index (χ3n) is 18.7. The molecule has 3 aliphatic heterocycles. The molecule has 0 aliphatic carbocycles. The average Bonchev–Trinajstić information content (AvgIpc) is 3.31. The van der Waals surface area contributed by atoms with Gasteiger partial charge in [0.1, 0.15) is 0 Å². The molecule has 0 amide bonds. The summed E-state index contributed by atoms with van der Waals surface area (Å²) in [5.41, 5.74) is 28.8. The highest BCUT2D eigenvalue weighted by Gasteiger charge is 2.42. The lowest BCUT2D eigenvalue weighted by molar-refractivity contribution is 0.556. The van der Waals surface area contributed by atoms with Crippen LogP contribution >= 0.6 is 35.3 Å². The van der Waals surface area contributed by atoms with Gasteiger partial charge < -0.3 is 0 Å². The van der Waals surface area contributed by atoms with Gasteiger partial charge in [-0.05, 0) is 111 Å². The average molecular weight is 1120 g/mol. The van der Waals surface area contributed by atoms with Gasteiger partial charge in [0.2, 0.25) is 20.1 Å². The summed E-state index contributed by atoms with van der Waals surface area (Å²) in [6, 6.07) is 40.5. The molecule has 0 fully saturated rings. The summed E-state index contributed by atoms with van der Waals surface area (Å²) in [6.07, 6.45) is 29.7. The topological polar surface area (TPSA) is 0 Å². The third kappa shape index (κ3) is 13.7. The zero-order chi connectivity index (χ0) is 56.7. The Morgan fingerprint density at radius 2 is 0.494 bits per heavy atom. The van der Waals surface area contributed by atoms with Crippen LogP contribution in [0.25, 0.3) is 0 Å². The van der Waals surface area contributed by atoms with Crippen molar-refractivity contribution in [2.24, 2.45) is 0 Å². The van der Waals surface area contributed by atoms with Crippen LogP contribution in [0.5, 0.6) is 0 Å². The van der Waals surface area contributed by atoms with Gasteiger partial charge in [0, 0.05) is 29.4 Å². The smallest absolute Gasteiger partial charge is 0.0912 e. The summed E-state index contributed by atoms with van der Waals surface area (Å²) in [5, 5.41) is 0. The van der Waals surface area contributed by atoms with Gasteiger partial charge in [-0.3, -0.25) is 0 Å². The summed E-state index contributed by atoms with van der Waals surface area (Å²) in [6.45, 7) is 26.2. The number of aryl methyl sites for hydroxylation is 11. The fraction of sp³-hybridized carbons (Fsp3) is 0.440. The molecule has 6 heteroatoms. The molecular formula is C75H93B3S3. The van der Waals surface area contributed by atoms with Crippen LogP contribution < -0.4 is 49.2 Å². The maximum Gasteiger partial charge on any atom is 0.244 e. The van der Waals surface area contributed by atoms with E-state index >= 15 is 0 Å². The second kappa shape index (κ2) is 27.7. The Labute approximate surface area is 506 Å². The van der Waals surface area contributed by atoms with Gasteiger partial charge in [-0.25, -0.2) is 0 Å². The van der Waals surface area contributed by atoms with E-state index in [1.54, 1.807) is 0 Å². The standard InChI is InChI=1S/C75H93B3S3/c1-12-14-16-18-20-22-24-26-28-30-32-59-34-36-67-61(44-59)76(73-53(6)38-50(3)39-54(73)7)63-48-71-65(46-69(63)79-67)78(75-57(10)42-52(5)43-58(75)11)66-47-70-64(49-72(66)81-71)77(74-55(8)40-51(4)41-56(74)9)62-45-60(35-37-68(62)80-70)33-31-29-27-25-23-21-19-17-15-13-2/h34-49H,12-33H2,1-11H3. The summed E-state index contributed by atoms with van der Waals surface area (Å²) in [4.78, 5) is 8.53. The van der Waals surface area contributed by atoms with Crippen molar-refractivity contribution in [3.05, 3.63) is 158 Å². The van der Waals surface area contributed by atoms with E-state index in [4.69, 9.17) is 0 Å². The molecule has 0 N–H and O–H groups in total. The summed E-state index contributed by atoms with van der Waals surface area (Å²) in [7, 11) is 0. The molecule has 10 rings (SSSR count). The third-order valence-corrected chi connectivity index (χ3v) is 22.2. The Morgan fingerprint density at radius 3 is 0.765 bits per heavy atom. The Bertz CT molecular complexity index is 3110. The van der Waals surface area contributed by atoms with Gasteiger partial charge in [-0.2, -0.15) is 0 Å². The normalized spacial score (nSPS) is 13.2. The van der Waals surface area contributed by atoms with Crippen LogP contribution in [0.15, 0.2) is 126 Å². The lowest BCUT2D eigenvalue weighted by Gasteiger charge is -2.35. The molecule has 81 heavy (non-hydrogen) atoms. The molecule has 0 nitrogen and oxygen atoms in total. The fourth-order valence-electron chi connectivity index (χ4n) is 14.9. The highest BCUT2D eigenvalue weighted by Crippen LogP contribution is 2.39. The molecule has 3 heterocycles. The van der Waals surface area contributed by atoms with Crippen molar-refractivity contribution in [2.45, 2.75) is 247 Å². The zero-order valence-electron chi connectivity index (χ0n) is 51.8. The number of hydrogen-bond acceptors (Lipinski definition) is 3. The van der Waals surface area contributed by atoms with E-state index in [-0.39, 0.29) is 20.1 Å². The highest BCUT2D eigenvalue weighted by molar-refractivity contribution is 8.01. The molecule has 7 aromatic rings. The van der Waals surface area contributed by atoms with Crippen LogP contribution in [-0.2, 0) is 12.8 Å². The fourth-order valence-corrected chi connectivity index (χ4v) is 18.4. The number of rotatable bonds is 25. The molecule has 420 valence electrons. The quantitative estimate of drug-likeness (QED) is 0.0413. The van der Waals surface area contributed by atoms with Crippen LogP contribution in [-0.4, -0.2) is 20.1 Å². The van der Waals surface area contributed by atoms with Crippen LogP contribution in [0, 0.1) is 62.3 Å². The van der Waals surface area contributed by atoms with E-state index < -0.39 is 0 Å². The minimum atomic E-state index is 0.117. The molecule has 0 bridgehead atoms. The summed E-state index contributed by atoms with van der Waals surface area (Å²) < 4.78 is 0. The van der Waals surface area contributed by atoms with Gasteiger partial charge in [-0.15, -0.1) is 0 Å². The van der Waals surface area contributed by atoms with Crippen molar-refractivity contribution in [3.63, 3.8) is 0 Å². The van der Waals surface area contributed by atoms with E-state index in [2.05, 4.69) is 185 Å². The maximum atomic E-state index is 2.69. The number of fused-ring (bicyclic) bond motifs is 6. The van der Waals surface area contributed by atoms with Crippen molar-refractivity contribution in [3.8, 4) is 0 Å². The van der Waals surface area contributed by atoms with Gasteiger partial charge >= 0.3 is 0 Å². The number of benzene rings is 7. The molecule has 0 saturated carbocycles. The Hall–Kier alpha value is -4.22. The molecule has 0 radical (unpaired) electrons. The predicted molar refractivity (Wildman–Crippen MR) is 365 cm³/mol. The van der Waals surface area contributed by atoms with Crippen LogP contribution in [0.2, 0.25) is 0 Å². The molecule has 7 aromatic carbocycles. The van der Waals surface area contributed by atoms with Crippen molar-refractivity contribution < 1.29 is 0 Å². The van der Waals surface area contributed by atoms with Crippen LogP contribution in [0.3, 0.4) is 0 Å². The van der Waals surface area contributed by atoms with Gasteiger partial charge in [-0.1, -0.05) is 349 Å². The molecule has 0 unspecified atom stereocenters. The first-order chi connectivity index (χ1) is 39.3. The lowest BCUT2D eigenvalue weighted by atomic mass is 9.32. The molecule has 0 atom stereocenters. The van der Waals surface area contributed by atoms with E-state index in [1.807, 2.05) is 23.5 Å². The first-order valence-electron chi connectivity index (χ1n) is 32.2. The van der Waals surface area contributed by atoms with Gasteiger partial charge in [0.05, 0.1) is 0 Å². The van der Waals surface area contributed by atoms with Gasteiger partial charge in [0.25, 0.3) is 0 Å². The first kappa shape index (κ1) is 59.9. The Morgan fingerprint density at radius 1 is 0.259 bits per heavy atom. The maximum absolute atomic E-state index is 2.69. The molecule has 0 spiro atoms. The van der Waals surface area contributed by atoms with Crippen molar-refractivity contribution in [1.29, 1.82) is 0 Å². The Kier molecular flexibility index (Phi) is 20.5. The van der Waals surface area contributed by atoms with E-state index in [0.717, 1.165) is 12.8 Å². The van der Waals surface area contributed by atoms with Crippen LogP contribution in [0.1, 0.15) is 203 Å². The number of unbranched alkanes of at least 4 members (excludes halogenated alkanes) is 18. The summed E-state index contributed by atoms with van der Waals surface area (Å²) >= 11 is 6.11. The highest BCUT2D eigenvalue weighted by atomic mass is 32.2. The minimum Gasteiger partial charge on any atom is -0.0912 e. The second-order valence-electron chi connectivity index (χ2n) is 25.5.